The molecule has 4 aromatic rings. The van der Waals surface area contributed by atoms with Crippen molar-refractivity contribution in [2.45, 2.75) is 6.54 Å². The van der Waals surface area contributed by atoms with Crippen molar-refractivity contribution in [3.05, 3.63) is 88.4 Å². The van der Waals surface area contributed by atoms with Crippen molar-refractivity contribution in [1.82, 2.24) is 19.2 Å². The zero-order valence-electron chi connectivity index (χ0n) is 14.6. The summed E-state index contributed by atoms with van der Waals surface area (Å²) < 4.78 is 3.52. The molecule has 0 aliphatic carbocycles. The zero-order valence-corrected chi connectivity index (χ0v) is 16.1. The summed E-state index contributed by atoms with van der Waals surface area (Å²) in [5.74, 6) is 0.300. The number of imidazole rings is 1. The Morgan fingerprint density at radius 1 is 1.11 bits per heavy atom. The topological polar surface area (TPSA) is 64.2 Å². The number of carbonyl (C=O) groups is 1. The van der Waals surface area contributed by atoms with Gasteiger partial charge in [0.25, 0.3) is 0 Å². The largest absolute Gasteiger partial charge is 0.307 e. The number of aromatic nitrogens is 4. The summed E-state index contributed by atoms with van der Waals surface area (Å²) in [6.45, 7) is 0.516. The van der Waals surface area contributed by atoms with Crippen LogP contribution in [0.15, 0.2) is 67.0 Å². The van der Waals surface area contributed by atoms with Crippen LogP contribution in [0.3, 0.4) is 0 Å². The number of amides is 1. The molecule has 8 heteroatoms. The Morgan fingerprint density at radius 2 is 1.93 bits per heavy atom. The van der Waals surface area contributed by atoms with Crippen LogP contribution in [0.5, 0.6) is 0 Å². The number of hydrogen-bond acceptors (Lipinski definition) is 3. The Balaban J connectivity index is 1.48. The molecule has 0 aliphatic rings. The number of hydrogen-bond donors (Lipinski definition) is 1. The molecule has 4 rings (SSSR count). The lowest BCUT2D eigenvalue weighted by Gasteiger charge is -2.08. The number of anilines is 1. The van der Waals surface area contributed by atoms with Crippen molar-refractivity contribution in [2.75, 3.05) is 5.32 Å². The standard InChI is InChI=1S/C20H15Cl2N5O/c21-15-6-4-14(5-7-15)13-27-18(10-11-23-27)24-19(28)9-8-16-20(22)25-17-3-1-2-12-26(16)17/h1-12H,13H2,(H,24,28)/b9-8+. The smallest absolute Gasteiger partial charge is 0.249 e. The van der Waals surface area contributed by atoms with Crippen molar-refractivity contribution in [3.63, 3.8) is 0 Å². The molecule has 3 heterocycles. The molecule has 3 aromatic heterocycles. The highest BCUT2D eigenvalue weighted by atomic mass is 35.5. The van der Waals surface area contributed by atoms with Gasteiger partial charge in [-0.05, 0) is 35.9 Å². The number of rotatable bonds is 5. The van der Waals surface area contributed by atoms with Gasteiger partial charge in [0, 0.05) is 23.4 Å². The highest BCUT2D eigenvalue weighted by molar-refractivity contribution is 6.31. The molecular formula is C20H15Cl2N5O. The van der Waals surface area contributed by atoms with Gasteiger partial charge in [0.1, 0.15) is 11.5 Å². The molecule has 0 fully saturated rings. The molecule has 6 nitrogen and oxygen atoms in total. The predicted octanol–water partition coefficient (Wildman–Crippen LogP) is 4.54. The third kappa shape index (κ3) is 3.93. The first kappa shape index (κ1) is 18.3. The van der Waals surface area contributed by atoms with Crippen LogP contribution in [0, 0.1) is 0 Å². The second-order valence-electron chi connectivity index (χ2n) is 6.04. The second-order valence-corrected chi connectivity index (χ2v) is 6.83. The maximum atomic E-state index is 12.4. The fraction of sp³-hybridized carbons (Fsp3) is 0.0500. The lowest BCUT2D eigenvalue weighted by Crippen LogP contribution is -2.13. The van der Waals surface area contributed by atoms with Crippen molar-refractivity contribution in [3.8, 4) is 0 Å². The minimum atomic E-state index is -0.292. The van der Waals surface area contributed by atoms with Gasteiger partial charge in [-0.25, -0.2) is 9.67 Å². The van der Waals surface area contributed by atoms with Crippen LogP contribution in [-0.4, -0.2) is 25.1 Å². The Morgan fingerprint density at radius 3 is 2.75 bits per heavy atom. The minimum Gasteiger partial charge on any atom is -0.307 e. The zero-order chi connectivity index (χ0) is 19.5. The lowest BCUT2D eigenvalue weighted by molar-refractivity contribution is -0.111. The van der Waals surface area contributed by atoms with E-state index in [1.807, 2.05) is 53.1 Å². The average molecular weight is 412 g/mol. The third-order valence-corrected chi connectivity index (χ3v) is 4.66. The first-order chi connectivity index (χ1) is 13.6. The summed E-state index contributed by atoms with van der Waals surface area (Å²) in [6.07, 6.45) is 6.53. The molecule has 1 amide bonds. The van der Waals surface area contributed by atoms with E-state index in [1.54, 1.807) is 23.0 Å². The van der Waals surface area contributed by atoms with Crippen LogP contribution < -0.4 is 5.32 Å². The van der Waals surface area contributed by atoms with Gasteiger partial charge < -0.3 is 5.32 Å². The molecule has 140 valence electrons. The minimum absolute atomic E-state index is 0.292. The molecule has 0 unspecified atom stereocenters. The van der Waals surface area contributed by atoms with Crippen LogP contribution in [0.2, 0.25) is 10.2 Å². The Labute approximate surface area is 171 Å². The highest BCUT2D eigenvalue weighted by Crippen LogP contribution is 2.19. The van der Waals surface area contributed by atoms with Gasteiger partial charge in [0.05, 0.1) is 18.4 Å². The summed E-state index contributed by atoms with van der Waals surface area (Å²) in [6, 6.07) is 14.8. The Hall–Kier alpha value is -3.09. The van der Waals surface area contributed by atoms with E-state index in [0.717, 1.165) is 5.56 Å². The fourth-order valence-corrected chi connectivity index (χ4v) is 3.15. The van der Waals surface area contributed by atoms with E-state index < -0.39 is 0 Å². The molecule has 0 saturated carbocycles. The number of nitrogens with one attached hydrogen (secondary N) is 1. The molecular weight excluding hydrogens is 397 g/mol. The van der Waals surface area contributed by atoms with Crippen LogP contribution in [0.25, 0.3) is 11.7 Å². The maximum Gasteiger partial charge on any atom is 0.249 e. The van der Waals surface area contributed by atoms with Gasteiger partial charge in [-0.15, -0.1) is 0 Å². The van der Waals surface area contributed by atoms with Crippen molar-refractivity contribution < 1.29 is 4.79 Å². The van der Waals surface area contributed by atoms with E-state index in [1.165, 1.54) is 6.08 Å². The van der Waals surface area contributed by atoms with Gasteiger partial charge in [-0.1, -0.05) is 41.4 Å². The summed E-state index contributed by atoms with van der Waals surface area (Å²) in [5, 5.41) is 8.10. The van der Waals surface area contributed by atoms with E-state index in [0.29, 0.717) is 33.9 Å². The first-order valence-electron chi connectivity index (χ1n) is 8.48. The summed E-state index contributed by atoms with van der Waals surface area (Å²) in [4.78, 5) is 16.6. The van der Waals surface area contributed by atoms with E-state index in [2.05, 4.69) is 15.4 Å². The van der Waals surface area contributed by atoms with Gasteiger partial charge in [0.15, 0.2) is 5.15 Å². The van der Waals surface area contributed by atoms with E-state index >= 15 is 0 Å². The lowest BCUT2D eigenvalue weighted by atomic mass is 10.2. The van der Waals surface area contributed by atoms with Crippen LogP contribution in [0.1, 0.15) is 11.3 Å². The molecule has 28 heavy (non-hydrogen) atoms. The second kappa shape index (κ2) is 7.88. The summed E-state index contributed by atoms with van der Waals surface area (Å²) in [7, 11) is 0. The van der Waals surface area contributed by atoms with Crippen LogP contribution in [0.4, 0.5) is 5.82 Å². The third-order valence-electron chi connectivity index (χ3n) is 4.13. The SMILES string of the molecule is O=C(/C=C/c1c(Cl)nc2ccccn12)Nc1ccnn1Cc1ccc(Cl)cc1. The average Bonchev–Trinajstić information content (AvgIpc) is 3.25. The number of benzene rings is 1. The molecule has 0 aliphatic heterocycles. The predicted molar refractivity (Wildman–Crippen MR) is 111 cm³/mol. The molecule has 0 radical (unpaired) electrons. The van der Waals surface area contributed by atoms with Crippen molar-refractivity contribution in [1.29, 1.82) is 0 Å². The molecule has 1 N–H and O–H groups in total. The number of carbonyl (C=O) groups excluding carboxylic acids is 1. The van der Waals surface area contributed by atoms with Crippen LogP contribution in [-0.2, 0) is 11.3 Å². The van der Waals surface area contributed by atoms with E-state index in [4.69, 9.17) is 23.2 Å². The molecule has 0 spiro atoms. The first-order valence-corrected chi connectivity index (χ1v) is 9.23. The van der Waals surface area contributed by atoms with Crippen molar-refractivity contribution in [2.24, 2.45) is 0 Å². The van der Waals surface area contributed by atoms with Crippen LogP contribution >= 0.6 is 23.2 Å². The van der Waals surface area contributed by atoms with Gasteiger partial charge in [0.2, 0.25) is 5.91 Å². The normalized spacial score (nSPS) is 11.4. The van der Waals surface area contributed by atoms with E-state index in [-0.39, 0.29) is 5.91 Å². The molecule has 1 aromatic carbocycles. The molecule has 0 saturated heterocycles. The number of fused-ring (bicyclic) bond motifs is 1. The van der Waals surface area contributed by atoms with E-state index in [9.17, 15) is 4.79 Å². The maximum absolute atomic E-state index is 12.4. The van der Waals surface area contributed by atoms with Gasteiger partial charge >= 0.3 is 0 Å². The number of halogens is 2. The Kier molecular flexibility index (Phi) is 5.14. The Bertz CT molecular complexity index is 1160. The van der Waals surface area contributed by atoms with Gasteiger partial charge in [-0.3, -0.25) is 9.20 Å². The number of pyridine rings is 1. The van der Waals surface area contributed by atoms with Crippen molar-refractivity contribution >= 4 is 46.7 Å². The summed E-state index contributed by atoms with van der Waals surface area (Å²) >= 11 is 12.1. The highest BCUT2D eigenvalue weighted by Gasteiger charge is 2.09. The molecule has 0 atom stereocenters. The van der Waals surface area contributed by atoms with Gasteiger partial charge in [-0.2, -0.15) is 5.10 Å². The monoisotopic (exact) mass is 411 g/mol. The number of nitrogens with zero attached hydrogens (tertiary/aromatic N) is 4. The quantitative estimate of drug-likeness (QED) is 0.490. The summed E-state index contributed by atoms with van der Waals surface area (Å²) in [5.41, 5.74) is 2.38. The fourth-order valence-electron chi connectivity index (χ4n) is 2.79. The molecule has 0 bridgehead atoms.